The molecule has 12 aromatic rings. The molecule has 0 aliphatic carbocycles. The van der Waals surface area contributed by atoms with Gasteiger partial charge in [-0.2, -0.15) is 0 Å². The number of rotatable bonds is 8. The first-order chi connectivity index (χ1) is 31.2. The number of hydrogen-bond acceptors (Lipinski definition) is 2. The van der Waals surface area contributed by atoms with Crippen molar-refractivity contribution in [1.29, 1.82) is 0 Å². The van der Waals surface area contributed by atoms with Crippen molar-refractivity contribution in [2.45, 2.75) is 0 Å². The molecule has 2 aromatic heterocycles. The van der Waals surface area contributed by atoms with Crippen LogP contribution < -0.4 is 4.90 Å². The fourth-order valence-corrected chi connectivity index (χ4v) is 9.41. The zero-order valence-electron chi connectivity index (χ0n) is 34.4. The Morgan fingerprint density at radius 1 is 0.302 bits per heavy atom. The summed E-state index contributed by atoms with van der Waals surface area (Å²) in [5.41, 5.74) is 17.8. The third kappa shape index (κ3) is 6.38. The molecule has 0 fully saturated rings. The van der Waals surface area contributed by atoms with Crippen molar-refractivity contribution in [3.63, 3.8) is 0 Å². The predicted octanol–water partition coefficient (Wildman–Crippen LogP) is 16.8. The third-order valence-electron chi connectivity index (χ3n) is 12.4. The maximum absolute atomic E-state index is 6.43. The van der Waals surface area contributed by atoms with E-state index in [9.17, 15) is 0 Å². The normalized spacial score (nSPS) is 11.5. The van der Waals surface area contributed by atoms with Gasteiger partial charge in [-0.3, -0.25) is 0 Å². The minimum absolute atomic E-state index is 0.903. The summed E-state index contributed by atoms with van der Waals surface area (Å²) in [5, 5.41) is 4.78. The van der Waals surface area contributed by atoms with Gasteiger partial charge in [0.1, 0.15) is 11.2 Å². The maximum atomic E-state index is 6.43. The molecule has 2 heterocycles. The SMILES string of the molecule is c1ccc(-c2ccc(N(c3ccc(-c4cccc5c4oc4ccccc45)cc3)c3cccc(-c4ccc(-c5ccccc5-n5c6ccccc6c6ccccc65)cc4)c3)cc2)cc1. The van der Waals surface area contributed by atoms with Crippen molar-refractivity contribution in [1.82, 2.24) is 4.57 Å². The minimum Gasteiger partial charge on any atom is -0.455 e. The van der Waals surface area contributed by atoms with Gasteiger partial charge in [0.2, 0.25) is 0 Å². The molecule has 0 N–H and O–H groups in total. The summed E-state index contributed by atoms with van der Waals surface area (Å²) in [7, 11) is 0. The minimum atomic E-state index is 0.903. The van der Waals surface area contributed by atoms with E-state index in [0.29, 0.717) is 0 Å². The van der Waals surface area contributed by atoms with Crippen molar-refractivity contribution in [2.75, 3.05) is 4.90 Å². The summed E-state index contributed by atoms with van der Waals surface area (Å²) >= 11 is 0. The zero-order chi connectivity index (χ0) is 41.7. The lowest BCUT2D eigenvalue weighted by Gasteiger charge is -2.26. The number of aromatic nitrogens is 1. The topological polar surface area (TPSA) is 21.3 Å². The largest absolute Gasteiger partial charge is 0.455 e. The van der Waals surface area contributed by atoms with E-state index >= 15 is 0 Å². The molecular formula is C60H40N2O. The molecule has 0 radical (unpaired) electrons. The van der Waals surface area contributed by atoms with Crippen LogP contribution in [0.4, 0.5) is 17.1 Å². The molecule has 10 aromatic carbocycles. The molecule has 12 rings (SSSR count). The van der Waals surface area contributed by atoms with Gasteiger partial charge in [-0.25, -0.2) is 0 Å². The van der Waals surface area contributed by atoms with Crippen LogP contribution in [-0.4, -0.2) is 4.57 Å². The summed E-state index contributed by atoms with van der Waals surface area (Å²) in [6.07, 6.45) is 0. The molecular weight excluding hydrogens is 765 g/mol. The second-order valence-corrected chi connectivity index (χ2v) is 16.1. The van der Waals surface area contributed by atoms with Crippen LogP contribution in [0.25, 0.3) is 93.9 Å². The third-order valence-corrected chi connectivity index (χ3v) is 12.4. The molecule has 0 saturated carbocycles. The van der Waals surface area contributed by atoms with Gasteiger partial charge in [0.25, 0.3) is 0 Å². The van der Waals surface area contributed by atoms with E-state index in [4.69, 9.17) is 4.42 Å². The van der Waals surface area contributed by atoms with E-state index in [-0.39, 0.29) is 0 Å². The van der Waals surface area contributed by atoms with Gasteiger partial charge in [0, 0.05) is 49.7 Å². The van der Waals surface area contributed by atoms with E-state index in [1.54, 1.807) is 0 Å². The van der Waals surface area contributed by atoms with Gasteiger partial charge >= 0.3 is 0 Å². The Morgan fingerprint density at radius 2 is 0.778 bits per heavy atom. The Balaban J connectivity index is 0.916. The van der Waals surface area contributed by atoms with Crippen molar-refractivity contribution in [3.8, 4) is 50.2 Å². The van der Waals surface area contributed by atoms with E-state index in [0.717, 1.165) is 61.3 Å². The van der Waals surface area contributed by atoms with Gasteiger partial charge in [-0.15, -0.1) is 0 Å². The predicted molar refractivity (Wildman–Crippen MR) is 264 cm³/mol. The van der Waals surface area contributed by atoms with Crippen LogP contribution in [0.1, 0.15) is 0 Å². The highest BCUT2D eigenvalue weighted by atomic mass is 16.3. The molecule has 0 unspecified atom stereocenters. The highest BCUT2D eigenvalue weighted by molar-refractivity contribution is 6.10. The summed E-state index contributed by atoms with van der Waals surface area (Å²) < 4.78 is 8.84. The monoisotopic (exact) mass is 804 g/mol. The van der Waals surface area contributed by atoms with Gasteiger partial charge in [0.15, 0.2) is 0 Å². The second kappa shape index (κ2) is 15.3. The first kappa shape index (κ1) is 36.5. The molecule has 0 atom stereocenters. The van der Waals surface area contributed by atoms with Gasteiger partial charge in [-0.05, 0) is 94.0 Å². The molecule has 0 aliphatic rings. The van der Waals surface area contributed by atoms with Crippen LogP contribution in [0.5, 0.6) is 0 Å². The molecule has 0 bridgehead atoms. The fourth-order valence-electron chi connectivity index (χ4n) is 9.41. The second-order valence-electron chi connectivity index (χ2n) is 16.1. The van der Waals surface area contributed by atoms with Crippen molar-refractivity contribution >= 4 is 60.8 Å². The van der Waals surface area contributed by atoms with Crippen LogP contribution in [-0.2, 0) is 0 Å². The van der Waals surface area contributed by atoms with Crippen molar-refractivity contribution in [2.24, 2.45) is 0 Å². The number of fused-ring (bicyclic) bond motifs is 6. The smallest absolute Gasteiger partial charge is 0.143 e. The lowest BCUT2D eigenvalue weighted by Crippen LogP contribution is -2.10. The Morgan fingerprint density at radius 3 is 1.51 bits per heavy atom. The summed E-state index contributed by atoms with van der Waals surface area (Å²) in [4.78, 5) is 2.35. The molecule has 0 saturated heterocycles. The number of nitrogens with zero attached hydrogens (tertiary/aromatic N) is 2. The van der Waals surface area contributed by atoms with Crippen LogP contribution >= 0.6 is 0 Å². The lowest BCUT2D eigenvalue weighted by molar-refractivity contribution is 0.670. The quantitative estimate of drug-likeness (QED) is 0.153. The maximum Gasteiger partial charge on any atom is 0.143 e. The number of para-hydroxylation sites is 5. The molecule has 63 heavy (non-hydrogen) atoms. The Kier molecular flexibility index (Phi) is 8.83. The molecule has 3 heteroatoms. The van der Waals surface area contributed by atoms with Crippen LogP contribution in [0.2, 0.25) is 0 Å². The summed E-state index contributed by atoms with van der Waals surface area (Å²) in [6.45, 7) is 0. The van der Waals surface area contributed by atoms with Crippen molar-refractivity contribution < 1.29 is 4.42 Å². The Hall–Kier alpha value is -8.40. The van der Waals surface area contributed by atoms with Gasteiger partial charge in [0.05, 0.1) is 16.7 Å². The zero-order valence-corrected chi connectivity index (χ0v) is 34.4. The summed E-state index contributed by atoms with van der Waals surface area (Å²) in [5.74, 6) is 0. The van der Waals surface area contributed by atoms with Crippen LogP contribution in [0.3, 0.4) is 0 Å². The number of hydrogen-bond donors (Lipinski definition) is 0. The molecule has 3 nitrogen and oxygen atoms in total. The fraction of sp³-hybridized carbons (Fsp3) is 0. The number of anilines is 3. The van der Waals surface area contributed by atoms with Gasteiger partial charge in [-0.1, -0.05) is 182 Å². The van der Waals surface area contributed by atoms with E-state index in [1.165, 1.54) is 49.7 Å². The number of benzene rings is 10. The average molecular weight is 805 g/mol. The highest BCUT2D eigenvalue weighted by Crippen LogP contribution is 2.41. The molecule has 296 valence electrons. The van der Waals surface area contributed by atoms with E-state index in [2.05, 4.69) is 240 Å². The van der Waals surface area contributed by atoms with Gasteiger partial charge < -0.3 is 13.9 Å². The molecule has 0 amide bonds. The lowest BCUT2D eigenvalue weighted by atomic mass is 9.98. The highest BCUT2D eigenvalue weighted by Gasteiger charge is 2.18. The van der Waals surface area contributed by atoms with Crippen LogP contribution in [0.15, 0.2) is 247 Å². The Bertz CT molecular complexity index is 3550. The average Bonchev–Trinajstić information content (AvgIpc) is 3.91. The Labute approximate surface area is 366 Å². The summed E-state index contributed by atoms with van der Waals surface area (Å²) in [6, 6.07) is 87.0. The first-order valence-corrected chi connectivity index (χ1v) is 21.5. The number of furan rings is 1. The van der Waals surface area contributed by atoms with E-state index < -0.39 is 0 Å². The first-order valence-electron chi connectivity index (χ1n) is 21.5. The molecule has 0 spiro atoms. The van der Waals surface area contributed by atoms with Crippen molar-refractivity contribution in [3.05, 3.63) is 243 Å². The molecule has 0 aliphatic heterocycles. The van der Waals surface area contributed by atoms with E-state index in [1.807, 2.05) is 12.1 Å². The van der Waals surface area contributed by atoms with Crippen LogP contribution in [0, 0.1) is 0 Å². The standard InChI is InChI=1S/C60H40N2O/c1-2-14-41(15-3-1)42-32-36-47(37-33-42)61(48-38-34-45(35-39-48)51-22-13-23-55-54-21-7-11-27-59(54)63-60(51)55)49-17-12-16-46(40-49)43-28-30-44(31-29-43)50-18-4-8-24-56(50)62-57-25-9-5-19-52(57)53-20-6-10-26-58(53)62/h1-40H.